The van der Waals surface area contributed by atoms with E-state index in [1.807, 2.05) is 0 Å². The minimum absolute atomic E-state index is 0.0692. The first-order valence-electron chi connectivity index (χ1n) is 8.20. The molecule has 0 aromatic heterocycles. The third-order valence-electron chi connectivity index (χ3n) is 3.69. The molecule has 0 spiro atoms. The lowest BCUT2D eigenvalue weighted by molar-refractivity contribution is -0.274. The van der Waals surface area contributed by atoms with E-state index in [9.17, 15) is 27.6 Å². The van der Waals surface area contributed by atoms with E-state index in [0.717, 1.165) is 18.2 Å². The number of nitrogen functional groups attached to an aromatic ring is 1. The third-order valence-corrected chi connectivity index (χ3v) is 3.69. The Bertz CT molecular complexity index is 756. The Morgan fingerprint density at radius 2 is 2.04 bits per heavy atom. The second kappa shape index (κ2) is 8.78. The minimum atomic E-state index is -4.91. The van der Waals surface area contributed by atoms with E-state index in [-0.39, 0.29) is 17.3 Å². The number of hydrogen-bond donors (Lipinski definition) is 3. The summed E-state index contributed by atoms with van der Waals surface area (Å²) in [5.41, 5.74) is 5.28. The molecule has 1 aromatic rings. The van der Waals surface area contributed by atoms with Crippen LogP contribution in [-0.4, -0.2) is 54.9 Å². The van der Waals surface area contributed by atoms with Gasteiger partial charge in [-0.2, -0.15) is 0 Å². The summed E-state index contributed by atoms with van der Waals surface area (Å²) in [6, 6.07) is 2.64. The zero-order valence-electron chi connectivity index (χ0n) is 14.8. The average molecular weight is 404 g/mol. The van der Waals surface area contributed by atoms with Gasteiger partial charge in [0, 0.05) is 25.2 Å². The molecular weight excluding hydrogens is 385 g/mol. The Labute approximate surface area is 157 Å². The number of hydroxylamine groups is 2. The van der Waals surface area contributed by atoms with Crippen LogP contribution >= 0.6 is 0 Å². The molecule has 1 saturated heterocycles. The van der Waals surface area contributed by atoms with Crippen LogP contribution in [0.1, 0.15) is 23.7 Å². The van der Waals surface area contributed by atoms with E-state index in [2.05, 4.69) is 15.4 Å². The third kappa shape index (κ3) is 6.61. The topological polar surface area (TPSA) is 123 Å². The highest BCUT2D eigenvalue weighted by Gasteiger charge is 2.31. The molecule has 2 amide bonds. The summed E-state index contributed by atoms with van der Waals surface area (Å²) in [6.45, 7) is 1.62. The fraction of sp³-hybridized carbons (Fsp3) is 0.438. The van der Waals surface area contributed by atoms with Gasteiger partial charge in [-0.1, -0.05) is 0 Å². The second-order valence-electron chi connectivity index (χ2n) is 6.00. The summed E-state index contributed by atoms with van der Waals surface area (Å²) in [5.74, 6) is -2.40. The largest absolute Gasteiger partial charge is 0.573 e. The van der Waals surface area contributed by atoms with Crippen LogP contribution in [0, 0.1) is 0 Å². The van der Waals surface area contributed by atoms with E-state index >= 15 is 0 Å². The van der Waals surface area contributed by atoms with Crippen molar-refractivity contribution in [2.45, 2.75) is 25.7 Å². The number of nitrogens with zero attached hydrogens (tertiary/aromatic N) is 1. The van der Waals surface area contributed by atoms with Crippen LogP contribution in [0.5, 0.6) is 5.75 Å². The number of carbonyl (C=O) groups excluding carboxylic acids is 3. The highest BCUT2D eigenvalue weighted by Crippen LogP contribution is 2.26. The summed E-state index contributed by atoms with van der Waals surface area (Å²) in [7, 11) is 0. The lowest BCUT2D eigenvalue weighted by Gasteiger charge is -2.15. The van der Waals surface area contributed by atoms with E-state index in [0.29, 0.717) is 19.5 Å². The van der Waals surface area contributed by atoms with Crippen molar-refractivity contribution >= 4 is 23.5 Å². The summed E-state index contributed by atoms with van der Waals surface area (Å²) < 4.78 is 40.6. The molecule has 1 aliphatic heterocycles. The number of rotatable bonds is 6. The highest BCUT2D eigenvalue weighted by atomic mass is 19.4. The number of benzene rings is 1. The predicted molar refractivity (Wildman–Crippen MR) is 89.8 cm³/mol. The molecule has 28 heavy (non-hydrogen) atoms. The van der Waals surface area contributed by atoms with Gasteiger partial charge in [-0.3, -0.25) is 14.4 Å². The number of alkyl halides is 3. The van der Waals surface area contributed by atoms with E-state index < -0.39 is 36.4 Å². The Morgan fingerprint density at radius 3 is 2.68 bits per heavy atom. The molecule has 1 fully saturated rings. The van der Waals surface area contributed by atoms with Gasteiger partial charge in [0.15, 0.2) is 0 Å². The molecule has 0 bridgehead atoms. The Balaban J connectivity index is 1.85. The van der Waals surface area contributed by atoms with Gasteiger partial charge >= 0.3 is 12.3 Å². The maximum absolute atomic E-state index is 12.3. The molecule has 2 rings (SSSR count). The van der Waals surface area contributed by atoms with Crippen LogP contribution in [-0.2, 0) is 14.4 Å². The number of halogens is 3. The van der Waals surface area contributed by atoms with E-state index in [4.69, 9.17) is 10.6 Å². The van der Waals surface area contributed by atoms with Gasteiger partial charge in [0.25, 0.3) is 5.91 Å². The van der Waals surface area contributed by atoms with Gasteiger partial charge in [-0.15, -0.1) is 18.2 Å². The number of carbonyl (C=O) groups is 3. The second-order valence-corrected chi connectivity index (χ2v) is 6.00. The zero-order valence-corrected chi connectivity index (χ0v) is 14.8. The molecular formula is C16H19F3N4O5. The fourth-order valence-corrected chi connectivity index (χ4v) is 2.57. The summed E-state index contributed by atoms with van der Waals surface area (Å²) in [4.78, 5) is 39.9. The number of anilines is 1. The maximum atomic E-state index is 12.3. The quantitative estimate of drug-likeness (QED) is 0.592. The normalized spacial score (nSPS) is 17.1. The Kier molecular flexibility index (Phi) is 6.67. The van der Waals surface area contributed by atoms with Gasteiger partial charge in [0.05, 0.1) is 18.7 Å². The molecule has 9 nitrogen and oxygen atoms in total. The molecule has 0 saturated carbocycles. The van der Waals surface area contributed by atoms with Gasteiger partial charge in [0.1, 0.15) is 5.75 Å². The minimum Gasteiger partial charge on any atom is -0.406 e. The lowest BCUT2D eigenvalue weighted by Crippen LogP contribution is -2.43. The predicted octanol–water partition coefficient (Wildman–Crippen LogP) is 0.566. The molecule has 0 radical (unpaired) electrons. The number of amides is 2. The first-order valence-corrected chi connectivity index (χ1v) is 8.20. The number of ether oxygens (including phenoxy) is 1. The molecule has 4 N–H and O–H groups in total. The molecule has 1 aliphatic rings. The van der Waals surface area contributed by atoms with Crippen LogP contribution < -0.4 is 21.1 Å². The monoisotopic (exact) mass is 404 g/mol. The van der Waals surface area contributed by atoms with Crippen LogP contribution in [0.3, 0.4) is 0 Å². The summed E-state index contributed by atoms with van der Waals surface area (Å²) >= 11 is 0. The van der Waals surface area contributed by atoms with Crippen molar-refractivity contribution in [1.29, 1.82) is 0 Å². The molecule has 0 aliphatic carbocycles. The molecule has 1 atom stereocenters. The van der Waals surface area contributed by atoms with Crippen LogP contribution in [0.25, 0.3) is 0 Å². The van der Waals surface area contributed by atoms with Gasteiger partial charge in [-0.25, -0.2) is 0 Å². The van der Waals surface area contributed by atoms with Crippen LogP contribution in [0.2, 0.25) is 0 Å². The SMILES string of the molecule is CC(=O)ON1CC[C@@H](NC(=O)CNC(=O)c2cc(OC(F)(F)F)ccc2N)C1. The van der Waals surface area contributed by atoms with Gasteiger partial charge in [-0.05, 0) is 24.6 Å². The smallest absolute Gasteiger partial charge is 0.406 e. The fourth-order valence-electron chi connectivity index (χ4n) is 2.57. The van der Waals surface area contributed by atoms with E-state index in [1.165, 1.54) is 12.0 Å². The summed E-state index contributed by atoms with van der Waals surface area (Å²) in [6.07, 6.45) is -4.36. The maximum Gasteiger partial charge on any atom is 0.573 e. The number of nitrogens with two attached hydrogens (primary N) is 1. The summed E-state index contributed by atoms with van der Waals surface area (Å²) in [5, 5.41) is 6.35. The van der Waals surface area contributed by atoms with Crippen molar-refractivity contribution in [2.24, 2.45) is 0 Å². The number of hydrogen-bond acceptors (Lipinski definition) is 7. The van der Waals surface area contributed by atoms with Crippen molar-refractivity contribution < 1.29 is 37.1 Å². The standard InChI is InChI=1S/C16H19F3N4O5/c1-9(24)28-23-5-4-10(8-23)22-14(25)7-21-15(26)12-6-11(2-3-13(12)20)27-16(17,18)19/h2-3,6,10H,4-5,7-8,20H2,1H3,(H,21,26)(H,22,25)/t10-/m1/s1. The van der Waals surface area contributed by atoms with Crippen molar-refractivity contribution in [3.05, 3.63) is 23.8 Å². The molecule has 1 heterocycles. The van der Waals surface area contributed by atoms with Gasteiger partial charge in [0.2, 0.25) is 5.91 Å². The molecule has 154 valence electrons. The lowest BCUT2D eigenvalue weighted by atomic mass is 10.1. The van der Waals surface area contributed by atoms with Crippen molar-refractivity contribution in [3.8, 4) is 5.75 Å². The van der Waals surface area contributed by atoms with Crippen molar-refractivity contribution in [2.75, 3.05) is 25.4 Å². The van der Waals surface area contributed by atoms with Crippen molar-refractivity contribution in [1.82, 2.24) is 15.7 Å². The Hall–Kier alpha value is -3.02. The van der Waals surface area contributed by atoms with Crippen LogP contribution in [0.4, 0.5) is 18.9 Å². The van der Waals surface area contributed by atoms with E-state index in [1.54, 1.807) is 0 Å². The molecule has 0 unspecified atom stereocenters. The highest BCUT2D eigenvalue weighted by molar-refractivity contribution is 6.01. The average Bonchev–Trinajstić information content (AvgIpc) is 2.99. The van der Waals surface area contributed by atoms with Gasteiger partial charge < -0.3 is 25.9 Å². The molecule has 1 aromatic carbocycles. The number of nitrogens with one attached hydrogen (secondary N) is 2. The zero-order chi connectivity index (χ0) is 20.9. The first kappa shape index (κ1) is 21.3. The van der Waals surface area contributed by atoms with Crippen LogP contribution in [0.15, 0.2) is 18.2 Å². The van der Waals surface area contributed by atoms with Crippen molar-refractivity contribution in [3.63, 3.8) is 0 Å². The first-order chi connectivity index (χ1) is 13.0. The molecule has 12 heteroatoms. The Morgan fingerprint density at radius 1 is 1.32 bits per heavy atom.